The summed E-state index contributed by atoms with van der Waals surface area (Å²) in [5.41, 5.74) is 2.15. The molecule has 0 radical (unpaired) electrons. The number of hydrogen-bond donors (Lipinski definition) is 3. The van der Waals surface area contributed by atoms with Crippen LogP contribution in [0.3, 0.4) is 0 Å². The first kappa shape index (κ1) is 13.8. The SMILES string of the molecule is Cc1cc2ccccc2nc1NCCNCC(C)O. The Balaban J connectivity index is 1.95. The van der Waals surface area contributed by atoms with Crippen molar-refractivity contribution in [3.05, 3.63) is 35.9 Å². The number of aryl methyl sites for hydroxylation is 1. The van der Waals surface area contributed by atoms with E-state index in [1.165, 1.54) is 0 Å². The number of fused-ring (bicyclic) bond motifs is 1. The number of para-hydroxylation sites is 1. The minimum absolute atomic E-state index is 0.305. The molecule has 4 nitrogen and oxygen atoms in total. The second-order valence-corrected chi connectivity index (χ2v) is 4.83. The Morgan fingerprint density at radius 3 is 2.84 bits per heavy atom. The maximum atomic E-state index is 9.14. The molecule has 1 unspecified atom stereocenters. The predicted molar refractivity (Wildman–Crippen MR) is 79.5 cm³/mol. The number of nitrogens with zero attached hydrogens (tertiary/aromatic N) is 1. The topological polar surface area (TPSA) is 57.2 Å². The van der Waals surface area contributed by atoms with Crippen molar-refractivity contribution in [2.75, 3.05) is 25.0 Å². The first-order valence-electron chi connectivity index (χ1n) is 6.66. The number of aliphatic hydroxyl groups excluding tert-OH is 1. The van der Waals surface area contributed by atoms with Crippen LogP contribution in [-0.2, 0) is 0 Å². The molecule has 102 valence electrons. The zero-order valence-electron chi connectivity index (χ0n) is 11.5. The molecule has 2 rings (SSSR count). The maximum absolute atomic E-state index is 9.14. The summed E-state index contributed by atoms with van der Waals surface area (Å²) in [5, 5.41) is 16.8. The smallest absolute Gasteiger partial charge is 0.129 e. The van der Waals surface area contributed by atoms with E-state index < -0.39 is 0 Å². The molecule has 0 saturated heterocycles. The van der Waals surface area contributed by atoms with E-state index in [-0.39, 0.29) is 6.10 Å². The lowest BCUT2D eigenvalue weighted by Gasteiger charge is -2.11. The van der Waals surface area contributed by atoms with Crippen LogP contribution in [0.2, 0.25) is 0 Å². The molecular formula is C15H21N3O. The van der Waals surface area contributed by atoms with Crippen LogP contribution in [0.15, 0.2) is 30.3 Å². The Bertz CT molecular complexity index is 540. The second kappa shape index (κ2) is 6.50. The minimum Gasteiger partial charge on any atom is -0.392 e. The average molecular weight is 259 g/mol. The Hall–Kier alpha value is -1.65. The van der Waals surface area contributed by atoms with Crippen LogP contribution in [-0.4, -0.2) is 35.8 Å². The largest absolute Gasteiger partial charge is 0.392 e. The summed E-state index contributed by atoms with van der Waals surface area (Å²) < 4.78 is 0. The van der Waals surface area contributed by atoms with Gasteiger partial charge < -0.3 is 15.7 Å². The molecule has 0 saturated carbocycles. The molecule has 0 spiro atoms. The third kappa shape index (κ3) is 3.91. The highest BCUT2D eigenvalue weighted by molar-refractivity contribution is 5.81. The summed E-state index contributed by atoms with van der Waals surface area (Å²) in [4.78, 5) is 4.62. The fraction of sp³-hybridized carbons (Fsp3) is 0.400. The van der Waals surface area contributed by atoms with Gasteiger partial charge in [-0.3, -0.25) is 0 Å². The first-order chi connectivity index (χ1) is 9.16. The van der Waals surface area contributed by atoms with Crippen molar-refractivity contribution in [1.29, 1.82) is 0 Å². The van der Waals surface area contributed by atoms with Gasteiger partial charge in [0.05, 0.1) is 11.6 Å². The molecule has 0 aliphatic heterocycles. The molecular weight excluding hydrogens is 238 g/mol. The van der Waals surface area contributed by atoms with Crippen LogP contribution in [0.5, 0.6) is 0 Å². The van der Waals surface area contributed by atoms with Crippen molar-refractivity contribution in [2.24, 2.45) is 0 Å². The Kier molecular flexibility index (Phi) is 4.71. The highest BCUT2D eigenvalue weighted by atomic mass is 16.3. The van der Waals surface area contributed by atoms with Crippen LogP contribution in [0.4, 0.5) is 5.82 Å². The summed E-state index contributed by atoms with van der Waals surface area (Å²) in [6, 6.07) is 10.3. The normalized spacial score (nSPS) is 12.6. The molecule has 2 aromatic rings. The standard InChI is InChI=1S/C15H21N3O/c1-11-9-13-5-3-4-6-14(13)18-15(11)17-8-7-16-10-12(2)19/h3-6,9,12,16,19H,7-8,10H2,1-2H3,(H,17,18). The molecule has 19 heavy (non-hydrogen) atoms. The van der Waals surface area contributed by atoms with Gasteiger partial charge in [-0.2, -0.15) is 0 Å². The average Bonchev–Trinajstić information content (AvgIpc) is 2.38. The van der Waals surface area contributed by atoms with Crippen molar-refractivity contribution >= 4 is 16.7 Å². The second-order valence-electron chi connectivity index (χ2n) is 4.83. The van der Waals surface area contributed by atoms with Gasteiger partial charge >= 0.3 is 0 Å². The highest BCUT2D eigenvalue weighted by Crippen LogP contribution is 2.19. The molecule has 0 amide bonds. The highest BCUT2D eigenvalue weighted by Gasteiger charge is 2.02. The quantitative estimate of drug-likeness (QED) is 0.694. The molecule has 1 aromatic carbocycles. The lowest BCUT2D eigenvalue weighted by Crippen LogP contribution is -2.29. The fourth-order valence-corrected chi connectivity index (χ4v) is 1.98. The predicted octanol–water partition coefficient (Wildman–Crippen LogP) is 1.93. The monoisotopic (exact) mass is 259 g/mol. The number of pyridine rings is 1. The molecule has 0 aliphatic carbocycles. The molecule has 4 heteroatoms. The number of benzene rings is 1. The van der Waals surface area contributed by atoms with Gasteiger partial charge in [0.2, 0.25) is 0 Å². The summed E-state index contributed by atoms with van der Waals surface area (Å²) >= 11 is 0. The van der Waals surface area contributed by atoms with Crippen molar-refractivity contribution in [3.8, 4) is 0 Å². The van der Waals surface area contributed by atoms with E-state index in [9.17, 15) is 0 Å². The van der Waals surface area contributed by atoms with Crippen LogP contribution >= 0.6 is 0 Å². The molecule has 0 aliphatic rings. The molecule has 3 N–H and O–H groups in total. The number of rotatable bonds is 6. The molecule has 0 bridgehead atoms. The number of anilines is 1. The lowest BCUT2D eigenvalue weighted by atomic mass is 10.1. The van der Waals surface area contributed by atoms with Gasteiger partial charge in [-0.05, 0) is 31.5 Å². The summed E-state index contributed by atoms with van der Waals surface area (Å²) in [6.45, 7) is 6.05. The molecule has 0 fully saturated rings. The Morgan fingerprint density at radius 1 is 1.26 bits per heavy atom. The van der Waals surface area contributed by atoms with E-state index in [0.29, 0.717) is 6.54 Å². The summed E-state index contributed by atoms with van der Waals surface area (Å²) in [7, 11) is 0. The van der Waals surface area contributed by atoms with Crippen molar-refractivity contribution in [3.63, 3.8) is 0 Å². The van der Waals surface area contributed by atoms with E-state index in [1.54, 1.807) is 6.92 Å². The van der Waals surface area contributed by atoms with Crippen molar-refractivity contribution < 1.29 is 5.11 Å². The number of hydrogen-bond acceptors (Lipinski definition) is 4. The Morgan fingerprint density at radius 2 is 2.05 bits per heavy atom. The number of nitrogens with one attached hydrogen (secondary N) is 2. The fourth-order valence-electron chi connectivity index (χ4n) is 1.98. The van der Waals surface area contributed by atoms with Gasteiger partial charge in [0, 0.05) is 25.0 Å². The van der Waals surface area contributed by atoms with E-state index in [2.05, 4.69) is 34.7 Å². The number of aromatic nitrogens is 1. The molecule has 1 heterocycles. The minimum atomic E-state index is -0.305. The van der Waals surface area contributed by atoms with E-state index in [1.807, 2.05) is 18.2 Å². The maximum Gasteiger partial charge on any atom is 0.129 e. The first-order valence-corrected chi connectivity index (χ1v) is 6.66. The Labute approximate surface area is 113 Å². The van der Waals surface area contributed by atoms with Gasteiger partial charge in [-0.25, -0.2) is 4.98 Å². The van der Waals surface area contributed by atoms with Crippen LogP contribution in [0.25, 0.3) is 10.9 Å². The third-order valence-electron chi connectivity index (χ3n) is 2.95. The third-order valence-corrected chi connectivity index (χ3v) is 2.95. The van der Waals surface area contributed by atoms with Crippen molar-refractivity contribution in [2.45, 2.75) is 20.0 Å². The van der Waals surface area contributed by atoms with Crippen LogP contribution in [0, 0.1) is 6.92 Å². The van der Waals surface area contributed by atoms with Crippen molar-refractivity contribution in [1.82, 2.24) is 10.3 Å². The summed E-state index contributed by atoms with van der Waals surface area (Å²) in [5.74, 6) is 0.928. The zero-order valence-corrected chi connectivity index (χ0v) is 11.5. The van der Waals surface area contributed by atoms with Gasteiger partial charge in [-0.15, -0.1) is 0 Å². The van der Waals surface area contributed by atoms with Gasteiger partial charge in [0.15, 0.2) is 0 Å². The van der Waals surface area contributed by atoms with E-state index in [0.717, 1.165) is 35.4 Å². The molecule has 1 aromatic heterocycles. The van der Waals surface area contributed by atoms with Gasteiger partial charge in [0.1, 0.15) is 5.82 Å². The number of aliphatic hydroxyl groups is 1. The molecule has 1 atom stereocenters. The lowest BCUT2D eigenvalue weighted by molar-refractivity contribution is 0.192. The van der Waals surface area contributed by atoms with E-state index in [4.69, 9.17) is 5.11 Å². The van der Waals surface area contributed by atoms with Crippen LogP contribution < -0.4 is 10.6 Å². The van der Waals surface area contributed by atoms with Crippen LogP contribution in [0.1, 0.15) is 12.5 Å². The zero-order chi connectivity index (χ0) is 13.7. The van der Waals surface area contributed by atoms with Gasteiger partial charge in [-0.1, -0.05) is 18.2 Å². The van der Waals surface area contributed by atoms with E-state index >= 15 is 0 Å². The summed E-state index contributed by atoms with van der Waals surface area (Å²) in [6.07, 6.45) is -0.305. The van der Waals surface area contributed by atoms with Gasteiger partial charge in [0.25, 0.3) is 0 Å².